The zero-order valence-electron chi connectivity index (χ0n) is 16.3. The number of hydrogen-bond donors (Lipinski definition) is 0. The van der Waals surface area contributed by atoms with Crippen LogP contribution in [0.15, 0.2) is 30.3 Å². The van der Waals surface area contributed by atoms with Gasteiger partial charge in [-0.2, -0.15) is 0 Å². The third-order valence-electron chi connectivity index (χ3n) is 5.47. The van der Waals surface area contributed by atoms with Crippen molar-refractivity contribution in [2.24, 2.45) is 0 Å². The summed E-state index contributed by atoms with van der Waals surface area (Å²) in [6.45, 7) is 0.952. The Kier molecular flexibility index (Phi) is 11.4. The van der Waals surface area contributed by atoms with Crippen LogP contribution in [0.25, 0.3) is 0 Å². The predicted octanol–water partition coefficient (Wildman–Crippen LogP) is 6.55. The first-order chi connectivity index (χ1) is 12.9. The third-order valence-corrected chi connectivity index (χ3v) is 5.47. The van der Waals surface area contributed by atoms with Crippen LogP contribution in [0.1, 0.15) is 95.0 Å². The fraction of sp³-hybridized carbons (Fsp3) is 0.667. The standard InChI is InChI=1S/C24H36O2/c25-21-23(22-15-10-7-11-16-22)17-9-5-3-1-2-4-6-14-20-26-24-18-12-8-13-19-24/h7-8,10-11,15-16,23-24H,1-6,9,12-14,17-20H2. The van der Waals surface area contributed by atoms with Gasteiger partial charge in [-0.3, -0.25) is 4.79 Å². The van der Waals surface area contributed by atoms with Gasteiger partial charge in [0, 0.05) is 6.61 Å². The second kappa shape index (κ2) is 14.0. The van der Waals surface area contributed by atoms with E-state index < -0.39 is 0 Å². The molecule has 1 aliphatic rings. The minimum Gasteiger partial charge on any atom is -0.378 e. The van der Waals surface area contributed by atoms with Gasteiger partial charge in [-0.1, -0.05) is 75.3 Å². The fourth-order valence-electron chi connectivity index (χ4n) is 3.80. The number of ether oxygens (including phenoxy) is 1. The van der Waals surface area contributed by atoms with Crippen LogP contribution in [0.5, 0.6) is 0 Å². The Morgan fingerprint density at radius 3 is 2.15 bits per heavy atom. The van der Waals surface area contributed by atoms with Gasteiger partial charge in [0.2, 0.25) is 6.29 Å². The zero-order chi connectivity index (χ0) is 18.3. The molecule has 1 aromatic rings. The quantitative estimate of drug-likeness (QED) is 0.353. The highest BCUT2D eigenvalue weighted by Gasteiger charge is 2.13. The molecule has 0 aromatic heterocycles. The average molecular weight is 357 g/mol. The highest BCUT2D eigenvalue weighted by Crippen LogP contribution is 2.21. The van der Waals surface area contributed by atoms with Crippen molar-refractivity contribution in [2.45, 2.75) is 95.5 Å². The molecule has 1 unspecified atom stereocenters. The second-order valence-corrected chi connectivity index (χ2v) is 7.63. The molecular weight excluding hydrogens is 320 g/mol. The maximum Gasteiger partial charge on any atom is 0.206 e. The summed E-state index contributed by atoms with van der Waals surface area (Å²) in [5.41, 5.74) is 1.11. The van der Waals surface area contributed by atoms with Crippen molar-refractivity contribution >= 4 is 6.29 Å². The summed E-state index contributed by atoms with van der Waals surface area (Å²) in [6, 6.07) is 10.1. The van der Waals surface area contributed by atoms with E-state index in [1.165, 1.54) is 70.6 Å². The number of carbonyl (C=O) groups excluding carboxylic acids is 1. The molecule has 144 valence electrons. The molecule has 0 amide bonds. The molecule has 0 N–H and O–H groups in total. The van der Waals surface area contributed by atoms with Crippen LogP contribution in [0.2, 0.25) is 0 Å². The van der Waals surface area contributed by atoms with Crippen LogP contribution in [-0.2, 0) is 9.53 Å². The molecule has 1 aliphatic carbocycles. The Balaban J connectivity index is 1.37. The van der Waals surface area contributed by atoms with E-state index in [2.05, 4.69) is 12.7 Å². The smallest absolute Gasteiger partial charge is 0.206 e. The first-order valence-corrected chi connectivity index (χ1v) is 10.8. The Morgan fingerprint density at radius 2 is 1.50 bits per heavy atom. The van der Waals surface area contributed by atoms with Gasteiger partial charge < -0.3 is 4.74 Å². The molecule has 2 nitrogen and oxygen atoms in total. The topological polar surface area (TPSA) is 26.3 Å². The van der Waals surface area contributed by atoms with Crippen LogP contribution in [0, 0.1) is 6.42 Å². The molecule has 2 radical (unpaired) electrons. The molecule has 0 spiro atoms. The van der Waals surface area contributed by atoms with Gasteiger partial charge >= 0.3 is 0 Å². The van der Waals surface area contributed by atoms with Gasteiger partial charge in [0.1, 0.15) is 0 Å². The second-order valence-electron chi connectivity index (χ2n) is 7.63. The van der Waals surface area contributed by atoms with E-state index in [1.807, 2.05) is 30.3 Å². The molecule has 0 aliphatic heterocycles. The summed E-state index contributed by atoms with van der Waals surface area (Å²) in [6.07, 6.45) is 21.1. The number of rotatable bonds is 14. The average Bonchev–Trinajstić information content (AvgIpc) is 2.70. The Hall–Kier alpha value is -1.15. The molecule has 1 atom stereocenters. The lowest BCUT2D eigenvalue weighted by molar-refractivity contribution is 0.0326. The molecule has 1 fully saturated rings. The van der Waals surface area contributed by atoms with E-state index in [-0.39, 0.29) is 5.92 Å². The molecule has 1 aromatic carbocycles. The van der Waals surface area contributed by atoms with Gasteiger partial charge in [-0.15, -0.1) is 0 Å². The summed E-state index contributed by atoms with van der Waals surface area (Å²) >= 11 is 0. The molecule has 0 saturated heterocycles. The fourth-order valence-corrected chi connectivity index (χ4v) is 3.80. The number of hydrogen-bond acceptors (Lipinski definition) is 2. The van der Waals surface area contributed by atoms with E-state index in [4.69, 9.17) is 4.74 Å². The summed E-state index contributed by atoms with van der Waals surface area (Å²) in [5.74, 6) is -0.0433. The van der Waals surface area contributed by atoms with Gasteiger partial charge in [0.15, 0.2) is 0 Å². The number of unbranched alkanes of at least 4 members (excludes halogenated alkanes) is 7. The Morgan fingerprint density at radius 1 is 0.885 bits per heavy atom. The molecule has 0 bridgehead atoms. The summed E-state index contributed by atoms with van der Waals surface area (Å²) < 4.78 is 5.96. The molecule has 2 rings (SSSR count). The lowest BCUT2D eigenvalue weighted by atomic mass is 9.94. The normalized spacial score (nSPS) is 16.5. The van der Waals surface area contributed by atoms with Crippen LogP contribution in [0.3, 0.4) is 0 Å². The third kappa shape index (κ3) is 8.98. The monoisotopic (exact) mass is 356 g/mol. The lowest BCUT2D eigenvalue weighted by Gasteiger charge is -2.21. The molecule has 0 heterocycles. The highest BCUT2D eigenvalue weighted by atomic mass is 16.5. The predicted molar refractivity (Wildman–Crippen MR) is 109 cm³/mol. The van der Waals surface area contributed by atoms with E-state index >= 15 is 0 Å². The van der Waals surface area contributed by atoms with E-state index in [9.17, 15) is 4.79 Å². The zero-order valence-corrected chi connectivity index (χ0v) is 16.3. The van der Waals surface area contributed by atoms with Gasteiger partial charge in [-0.05, 0) is 50.5 Å². The van der Waals surface area contributed by atoms with Crippen molar-refractivity contribution in [1.29, 1.82) is 0 Å². The van der Waals surface area contributed by atoms with Crippen molar-refractivity contribution in [3.05, 3.63) is 42.3 Å². The summed E-state index contributed by atoms with van der Waals surface area (Å²) in [4.78, 5) is 11.2. The first kappa shape index (κ1) is 21.2. The van der Waals surface area contributed by atoms with E-state index in [0.29, 0.717) is 6.10 Å². The molecular formula is C24H36O2. The van der Waals surface area contributed by atoms with Gasteiger partial charge in [0.05, 0.1) is 12.0 Å². The minimum atomic E-state index is -0.0433. The number of benzene rings is 1. The summed E-state index contributed by atoms with van der Waals surface area (Å²) in [5, 5.41) is 0. The minimum absolute atomic E-state index is 0.0433. The maximum atomic E-state index is 11.2. The van der Waals surface area contributed by atoms with E-state index in [1.54, 1.807) is 0 Å². The van der Waals surface area contributed by atoms with Crippen molar-refractivity contribution in [3.8, 4) is 0 Å². The van der Waals surface area contributed by atoms with Gasteiger partial charge in [-0.25, -0.2) is 0 Å². The molecule has 1 saturated carbocycles. The SMILES string of the molecule is O=[C]C(CCCCCCCCCCOC1CC[CH]CC1)c1ccccc1. The highest BCUT2D eigenvalue weighted by molar-refractivity contribution is 5.62. The molecule has 26 heavy (non-hydrogen) atoms. The molecule has 2 heteroatoms. The van der Waals surface area contributed by atoms with Crippen molar-refractivity contribution in [2.75, 3.05) is 6.61 Å². The van der Waals surface area contributed by atoms with Gasteiger partial charge in [0.25, 0.3) is 0 Å². The van der Waals surface area contributed by atoms with Crippen molar-refractivity contribution in [1.82, 2.24) is 0 Å². The van der Waals surface area contributed by atoms with Crippen molar-refractivity contribution in [3.63, 3.8) is 0 Å². The van der Waals surface area contributed by atoms with E-state index in [0.717, 1.165) is 25.0 Å². The Bertz CT molecular complexity index is 451. The van der Waals surface area contributed by atoms with Crippen LogP contribution < -0.4 is 0 Å². The first-order valence-electron chi connectivity index (χ1n) is 10.8. The van der Waals surface area contributed by atoms with Crippen LogP contribution in [-0.4, -0.2) is 19.0 Å². The maximum absolute atomic E-state index is 11.2. The van der Waals surface area contributed by atoms with Crippen molar-refractivity contribution < 1.29 is 9.53 Å². The van der Waals surface area contributed by atoms with Crippen LogP contribution in [0.4, 0.5) is 0 Å². The Labute approximate surface area is 160 Å². The largest absolute Gasteiger partial charge is 0.378 e. The van der Waals surface area contributed by atoms with Crippen LogP contribution >= 0.6 is 0 Å². The summed E-state index contributed by atoms with van der Waals surface area (Å²) in [7, 11) is 0. The lowest BCUT2D eigenvalue weighted by Crippen LogP contribution is -2.17.